The first-order valence-corrected chi connectivity index (χ1v) is 6.51. The molecule has 100 valence electrons. The van der Waals surface area contributed by atoms with E-state index < -0.39 is 5.41 Å². The molecule has 2 atom stereocenters. The summed E-state index contributed by atoms with van der Waals surface area (Å²) in [7, 11) is 0. The third-order valence-electron chi connectivity index (χ3n) is 3.83. The maximum absolute atomic E-state index is 12.2. The Morgan fingerprint density at radius 1 is 1.59 bits per heavy atom. The molecule has 1 heterocycles. The lowest BCUT2D eigenvalue weighted by Gasteiger charge is -2.35. The van der Waals surface area contributed by atoms with Crippen LogP contribution >= 0.6 is 0 Å². The van der Waals surface area contributed by atoms with Crippen LogP contribution in [0.2, 0.25) is 0 Å². The second-order valence-corrected chi connectivity index (χ2v) is 5.17. The molecule has 2 unspecified atom stereocenters. The van der Waals surface area contributed by atoms with Gasteiger partial charge in [0.1, 0.15) is 0 Å². The van der Waals surface area contributed by atoms with Gasteiger partial charge in [-0.15, -0.1) is 0 Å². The molecule has 0 aromatic carbocycles. The van der Waals surface area contributed by atoms with Gasteiger partial charge in [0.25, 0.3) is 0 Å². The molecule has 0 aromatic rings. The smallest absolute Gasteiger partial charge is 0.313 e. The largest absolute Gasteiger partial charge is 0.466 e. The van der Waals surface area contributed by atoms with Crippen molar-refractivity contribution >= 4 is 5.97 Å². The maximum Gasteiger partial charge on any atom is 0.313 e. The van der Waals surface area contributed by atoms with E-state index in [-0.39, 0.29) is 11.9 Å². The number of hydrogen-bond donors (Lipinski definition) is 1. The van der Waals surface area contributed by atoms with Gasteiger partial charge in [0.15, 0.2) is 0 Å². The zero-order valence-corrected chi connectivity index (χ0v) is 11.2. The Hall–Kier alpha value is -0.610. The first-order chi connectivity index (χ1) is 8.06. The number of nitrogens with two attached hydrogens (primary N) is 1. The lowest BCUT2D eigenvalue weighted by molar-refractivity contribution is -0.159. The minimum Gasteiger partial charge on any atom is -0.466 e. The minimum atomic E-state index is -0.547. The quantitative estimate of drug-likeness (QED) is 0.719. The highest BCUT2D eigenvalue weighted by Gasteiger charge is 2.44. The molecule has 4 heteroatoms. The Balaban J connectivity index is 2.78. The van der Waals surface area contributed by atoms with Crippen LogP contribution in [0.3, 0.4) is 0 Å². The van der Waals surface area contributed by atoms with Crippen molar-refractivity contribution in [2.45, 2.75) is 33.6 Å². The van der Waals surface area contributed by atoms with Crippen molar-refractivity contribution in [3.8, 4) is 0 Å². The predicted octanol–water partition coefficient (Wildman–Crippen LogP) is 1.58. The van der Waals surface area contributed by atoms with Crippen molar-refractivity contribution in [1.82, 2.24) is 0 Å². The number of carbonyl (C=O) groups is 1. The Labute approximate surface area is 104 Å². The van der Waals surface area contributed by atoms with E-state index in [1.165, 1.54) is 0 Å². The summed E-state index contributed by atoms with van der Waals surface area (Å²) in [5.74, 6) is 0.474. The number of carbonyl (C=O) groups excluding carboxylic acids is 1. The van der Waals surface area contributed by atoms with Gasteiger partial charge in [-0.3, -0.25) is 4.79 Å². The van der Waals surface area contributed by atoms with Gasteiger partial charge in [-0.1, -0.05) is 13.8 Å². The number of rotatable bonds is 6. The highest BCUT2D eigenvalue weighted by atomic mass is 16.5. The van der Waals surface area contributed by atoms with Crippen molar-refractivity contribution in [2.75, 3.05) is 26.4 Å². The average Bonchev–Trinajstić information content (AvgIpc) is 2.78. The van der Waals surface area contributed by atoms with Crippen LogP contribution in [-0.4, -0.2) is 32.3 Å². The molecule has 0 radical (unpaired) electrons. The Bertz CT molecular complexity index is 249. The van der Waals surface area contributed by atoms with Crippen molar-refractivity contribution in [3.63, 3.8) is 0 Å². The first kappa shape index (κ1) is 14.5. The van der Waals surface area contributed by atoms with Gasteiger partial charge in [-0.05, 0) is 31.6 Å². The first-order valence-electron chi connectivity index (χ1n) is 6.51. The molecule has 1 aliphatic rings. The summed E-state index contributed by atoms with van der Waals surface area (Å²) in [6, 6.07) is 0. The highest BCUT2D eigenvalue weighted by Crippen LogP contribution is 2.37. The molecule has 0 aliphatic carbocycles. The van der Waals surface area contributed by atoms with Gasteiger partial charge in [0, 0.05) is 19.8 Å². The Kier molecular flexibility index (Phi) is 5.40. The molecule has 0 aromatic heterocycles. The van der Waals surface area contributed by atoms with E-state index in [0.717, 1.165) is 26.1 Å². The third kappa shape index (κ3) is 3.19. The van der Waals surface area contributed by atoms with Crippen LogP contribution in [0.15, 0.2) is 0 Å². The highest BCUT2D eigenvalue weighted by molar-refractivity contribution is 5.77. The molecule has 1 rings (SSSR count). The van der Waals surface area contributed by atoms with E-state index in [1.54, 1.807) is 0 Å². The monoisotopic (exact) mass is 243 g/mol. The molecular formula is C13H25NO3. The van der Waals surface area contributed by atoms with Crippen LogP contribution < -0.4 is 5.73 Å². The summed E-state index contributed by atoms with van der Waals surface area (Å²) in [5.41, 5.74) is 5.33. The van der Waals surface area contributed by atoms with Gasteiger partial charge < -0.3 is 15.2 Å². The maximum atomic E-state index is 12.2. The van der Waals surface area contributed by atoms with Crippen LogP contribution in [0.4, 0.5) is 0 Å². The van der Waals surface area contributed by atoms with Crippen molar-refractivity contribution in [3.05, 3.63) is 0 Å². The molecule has 0 bridgehead atoms. The molecule has 0 spiro atoms. The molecule has 0 saturated carbocycles. The fraction of sp³-hybridized carbons (Fsp3) is 0.923. The second-order valence-electron chi connectivity index (χ2n) is 5.17. The van der Waals surface area contributed by atoms with Crippen LogP contribution in [0.5, 0.6) is 0 Å². The summed E-state index contributed by atoms with van der Waals surface area (Å²) in [6.07, 6.45) is 1.80. The Morgan fingerprint density at radius 2 is 2.29 bits per heavy atom. The SMILES string of the molecule is CCOC(=O)C(CN)(CC1CCOC1)C(C)C. The molecule has 4 nitrogen and oxygen atoms in total. The van der Waals surface area contributed by atoms with E-state index in [0.29, 0.717) is 19.1 Å². The number of hydrogen-bond acceptors (Lipinski definition) is 4. The van der Waals surface area contributed by atoms with Crippen LogP contribution in [0, 0.1) is 17.3 Å². The average molecular weight is 243 g/mol. The summed E-state index contributed by atoms with van der Waals surface area (Å²) in [6.45, 7) is 8.21. The molecule has 1 aliphatic heterocycles. The summed E-state index contributed by atoms with van der Waals surface area (Å²) in [5, 5.41) is 0. The van der Waals surface area contributed by atoms with E-state index in [4.69, 9.17) is 15.2 Å². The fourth-order valence-corrected chi connectivity index (χ4v) is 2.49. The van der Waals surface area contributed by atoms with E-state index >= 15 is 0 Å². The molecule has 1 saturated heterocycles. The molecule has 2 N–H and O–H groups in total. The van der Waals surface area contributed by atoms with E-state index in [9.17, 15) is 4.79 Å². The van der Waals surface area contributed by atoms with Gasteiger partial charge in [0.05, 0.1) is 12.0 Å². The molecule has 1 fully saturated rings. The topological polar surface area (TPSA) is 61.5 Å². The predicted molar refractivity (Wildman–Crippen MR) is 66.5 cm³/mol. The van der Waals surface area contributed by atoms with E-state index in [1.807, 2.05) is 20.8 Å². The second kappa shape index (κ2) is 6.36. The van der Waals surface area contributed by atoms with Gasteiger partial charge in [-0.2, -0.15) is 0 Å². The third-order valence-corrected chi connectivity index (χ3v) is 3.83. The summed E-state index contributed by atoms with van der Waals surface area (Å²) < 4.78 is 10.6. The minimum absolute atomic E-state index is 0.149. The summed E-state index contributed by atoms with van der Waals surface area (Å²) >= 11 is 0. The zero-order valence-electron chi connectivity index (χ0n) is 11.2. The van der Waals surface area contributed by atoms with Crippen LogP contribution in [0.1, 0.15) is 33.6 Å². The van der Waals surface area contributed by atoms with E-state index in [2.05, 4.69) is 0 Å². The van der Waals surface area contributed by atoms with Gasteiger partial charge >= 0.3 is 5.97 Å². The fourth-order valence-electron chi connectivity index (χ4n) is 2.49. The van der Waals surface area contributed by atoms with Crippen LogP contribution in [-0.2, 0) is 14.3 Å². The zero-order chi connectivity index (χ0) is 12.9. The summed E-state index contributed by atoms with van der Waals surface area (Å²) in [4.78, 5) is 12.2. The lowest BCUT2D eigenvalue weighted by atomic mass is 9.71. The van der Waals surface area contributed by atoms with Gasteiger partial charge in [0.2, 0.25) is 0 Å². The molecule has 0 amide bonds. The van der Waals surface area contributed by atoms with Crippen molar-refractivity contribution < 1.29 is 14.3 Å². The van der Waals surface area contributed by atoms with Crippen molar-refractivity contribution in [1.29, 1.82) is 0 Å². The lowest BCUT2D eigenvalue weighted by Crippen LogP contribution is -2.45. The standard InChI is InChI=1S/C13H25NO3/c1-4-17-12(15)13(9-14,10(2)3)7-11-5-6-16-8-11/h10-11H,4-9,14H2,1-3H3. The Morgan fingerprint density at radius 3 is 2.71 bits per heavy atom. The number of ether oxygens (including phenoxy) is 2. The van der Waals surface area contributed by atoms with Crippen molar-refractivity contribution in [2.24, 2.45) is 23.0 Å². The normalized spacial score (nSPS) is 23.7. The van der Waals surface area contributed by atoms with Gasteiger partial charge in [-0.25, -0.2) is 0 Å². The van der Waals surface area contributed by atoms with Crippen LogP contribution in [0.25, 0.3) is 0 Å². The molecular weight excluding hydrogens is 218 g/mol. The molecule has 17 heavy (non-hydrogen) atoms. The number of esters is 1.